The molecule has 1 rings (SSSR count). The summed E-state index contributed by atoms with van der Waals surface area (Å²) in [4.78, 5) is 4.57. The van der Waals surface area contributed by atoms with Gasteiger partial charge in [0, 0.05) is 0 Å². The van der Waals surface area contributed by atoms with Crippen molar-refractivity contribution in [1.29, 1.82) is 5.26 Å². The molecule has 0 aromatic carbocycles. The largest absolute Gasteiger partial charge is 0.272 e. The molecule has 0 aliphatic heterocycles. The van der Waals surface area contributed by atoms with Crippen LogP contribution in [0.25, 0.3) is 0 Å². The first-order valence-electron chi connectivity index (χ1n) is 5.04. The lowest BCUT2D eigenvalue weighted by Crippen LogP contribution is -2.24. The number of nitriles is 1. The van der Waals surface area contributed by atoms with Gasteiger partial charge in [-0.2, -0.15) is 5.26 Å². The van der Waals surface area contributed by atoms with Gasteiger partial charge in [-0.05, 0) is 25.0 Å². The molecule has 78 valence electrons. The molecule has 1 aliphatic rings. The Bertz CT molecular complexity index is 244. The highest BCUT2D eigenvalue weighted by molar-refractivity contribution is 8.13. The number of thioether (sulfide) groups is 1. The second kappa shape index (κ2) is 5.92. The zero-order chi connectivity index (χ0) is 10.4. The van der Waals surface area contributed by atoms with E-state index in [1.54, 1.807) is 0 Å². The highest BCUT2D eigenvalue weighted by Crippen LogP contribution is 2.26. The third-order valence-corrected chi connectivity index (χ3v) is 3.30. The van der Waals surface area contributed by atoms with Gasteiger partial charge in [-0.3, -0.25) is 10.3 Å². The molecule has 3 nitrogen and oxygen atoms in total. The van der Waals surface area contributed by atoms with E-state index in [2.05, 4.69) is 17.2 Å². The van der Waals surface area contributed by atoms with Crippen molar-refractivity contribution in [2.45, 2.75) is 38.6 Å². The molecule has 1 aliphatic carbocycles. The Kier molecular flexibility index (Phi) is 4.81. The van der Waals surface area contributed by atoms with Gasteiger partial charge in [0.2, 0.25) is 0 Å². The van der Waals surface area contributed by atoms with Crippen molar-refractivity contribution < 1.29 is 0 Å². The van der Waals surface area contributed by atoms with Gasteiger partial charge in [0.25, 0.3) is 0 Å². The number of nitrogens with zero attached hydrogens (tertiary/aromatic N) is 2. The van der Waals surface area contributed by atoms with Crippen molar-refractivity contribution in [3.8, 4) is 6.19 Å². The molecule has 0 bridgehead atoms. The van der Waals surface area contributed by atoms with Crippen molar-refractivity contribution in [2.75, 3.05) is 6.26 Å². The van der Waals surface area contributed by atoms with Crippen LogP contribution in [0.15, 0.2) is 4.99 Å². The van der Waals surface area contributed by atoms with Gasteiger partial charge in [0.15, 0.2) is 11.4 Å². The summed E-state index contributed by atoms with van der Waals surface area (Å²) in [6, 6.07) is 0.409. The van der Waals surface area contributed by atoms with Gasteiger partial charge in [-0.15, -0.1) is 0 Å². The summed E-state index contributed by atoms with van der Waals surface area (Å²) in [5, 5.41) is 11.9. The topological polar surface area (TPSA) is 48.2 Å². The highest BCUT2D eigenvalue weighted by atomic mass is 32.2. The lowest BCUT2D eigenvalue weighted by atomic mass is 9.86. The molecule has 0 aromatic heterocycles. The molecule has 0 aromatic rings. The normalized spacial score (nSPS) is 28.2. The van der Waals surface area contributed by atoms with E-state index in [9.17, 15) is 0 Å². The van der Waals surface area contributed by atoms with Gasteiger partial charge in [0.1, 0.15) is 0 Å². The van der Waals surface area contributed by atoms with E-state index in [4.69, 9.17) is 5.26 Å². The maximum absolute atomic E-state index is 8.51. The fraction of sp³-hybridized carbons (Fsp3) is 0.800. The third kappa shape index (κ3) is 3.22. The van der Waals surface area contributed by atoms with Gasteiger partial charge >= 0.3 is 0 Å². The Hall–Kier alpha value is -0.690. The van der Waals surface area contributed by atoms with E-state index >= 15 is 0 Å². The first-order chi connectivity index (χ1) is 6.77. The molecule has 4 heteroatoms. The van der Waals surface area contributed by atoms with Crippen LogP contribution in [-0.4, -0.2) is 17.5 Å². The van der Waals surface area contributed by atoms with Crippen LogP contribution in [0.5, 0.6) is 0 Å². The quantitative estimate of drug-likeness (QED) is 0.313. The molecule has 0 amide bonds. The first kappa shape index (κ1) is 11.4. The molecule has 2 atom stereocenters. The Labute approximate surface area is 90.0 Å². The van der Waals surface area contributed by atoms with Crippen molar-refractivity contribution in [3.05, 3.63) is 0 Å². The second-order valence-corrected chi connectivity index (χ2v) is 4.50. The summed E-state index contributed by atoms with van der Waals surface area (Å²) in [5.74, 6) is 0.659. The van der Waals surface area contributed by atoms with Crippen LogP contribution < -0.4 is 5.32 Å². The van der Waals surface area contributed by atoms with Crippen LogP contribution in [0.4, 0.5) is 0 Å². The predicted molar refractivity (Wildman–Crippen MR) is 61.1 cm³/mol. The lowest BCUT2D eigenvalue weighted by Gasteiger charge is -2.25. The van der Waals surface area contributed by atoms with Crippen LogP contribution in [0, 0.1) is 17.4 Å². The van der Waals surface area contributed by atoms with E-state index in [0.717, 1.165) is 5.17 Å². The van der Waals surface area contributed by atoms with Gasteiger partial charge < -0.3 is 0 Å². The van der Waals surface area contributed by atoms with Crippen LogP contribution in [0.1, 0.15) is 32.6 Å². The molecule has 1 fully saturated rings. The third-order valence-electron chi connectivity index (χ3n) is 2.71. The highest BCUT2D eigenvalue weighted by Gasteiger charge is 2.20. The minimum atomic E-state index is 0.409. The van der Waals surface area contributed by atoms with Crippen LogP contribution in [-0.2, 0) is 0 Å². The lowest BCUT2D eigenvalue weighted by molar-refractivity contribution is 0.333. The Morgan fingerprint density at radius 3 is 2.79 bits per heavy atom. The van der Waals surface area contributed by atoms with Crippen molar-refractivity contribution >= 4 is 16.9 Å². The first-order valence-corrected chi connectivity index (χ1v) is 6.27. The van der Waals surface area contributed by atoms with E-state index in [1.165, 1.54) is 37.4 Å². The Balaban J connectivity index is 2.58. The molecule has 0 spiro atoms. The molecular weight excluding hydrogens is 194 g/mol. The molecular formula is C10H17N3S. The Morgan fingerprint density at radius 1 is 1.50 bits per heavy atom. The summed E-state index contributed by atoms with van der Waals surface area (Å²) < 4.78 is 0. The van der Waals surface area contributed by atoms with Gasteiger partial charge in [-0.25, -0.2) is 0 Å². The number of rotatable bonds is 1. The van der Waals surface area contributed by atoms with Gasteiger partial charge in [0.05, 0.1) is 6.04 Å². The monoisotopic (exact) mass is 211 g/mol. The second-order valence-electron chi connectivity index (χ2n) is 3.70. The van der Waals surface area contributed by atoms with E-state index in [0.29, 0.717) is 12.0 Å². The van der Waals surface area contributed by atoms with Crippen LogP contribution in [0.2, 0.25) is 0 Å². The Morgan fingerprint density at radius 2 is 2.21 bits per heavy atom. The van der Waals surface area contributed by atoms with E-state index in [1.807, 2.05) is 12.4 Å². The molecule has 0 radical (unpaired) electrons. The van der Waals surface area contributed by atoms with E-state index < -0.39 is 0 Å². The van der Waals surface area contributed by atoms with Crippen molar-refractivity contribution in [2.24, 2.45) is 10.9 Å². The minimum Gasteiger partial charge on any atom is -0.272 e. The molecule has 2 unspecified atom stereocenters. The number of hydrogen-bond donors (Lipinski definition) is 1. The fourth-order valence-electron chi connectivity index (χ4n) is 1.82. The number of nitrogens with one attached hydrogen (secondary N) is 1. The summed E-state index contributed by atoms with van der Waals surface area (Å²) >= 11 is 1.51. The summed E-state index contributed by atoms with van der Waals surface area (Å²) in [6.45, 7) is 2.25. The number of amidine groups is 1. The predicted octanol–water partition coefficient (Wildman–Crippen LogP) is 2.35. The average molecular weight is 211 g/mol. The zero-order valence-electron chi connectivity index (χ0n) is 8.79. The average Bonchev–Trinajstić information content (AvgIpc) is 2.20. The van der Waals surface area contributed by atoms with Gasteiger partial charge in [-0.1, -0.05) is 31.5 Å². The number of aliphatic imine (C=N–C) groups is 1. The minimum absolute atomic E-state index is 0.409. The fourth-order valence-corrected chi connectivity index (χ4v) is 2.21. The summed E-state index contributed by atoms with van der Waals surface area (Å²) in [5.41, 5.74) is 0. The molecule has 14 heavy (non-hydrogen) atoms. The smallest absolute Gasteiger partial charge is 0.183 e. The maximum Gasteiger partial charge on any atom is 0.183 e. The van der Waals surface area contributed by atoms with Crippen molar-refractivity contribution in [1.82, 2.24) is 5.32 Å². The number of hydrogen-bond acceptors (Lipinski definition) is 3. The van der Waals surface area contributed by atoms with E-state index in [-0.39, 0.29) is 0 Å². The molecule has 1 saturated carbocycles. The SMILES string of the molecule is CSC(=NC1CCCCC1C)NC#N. The van der Waals surface area contributed by atoms with Crippen molar-refractivity contribution in [3.63, 3.8) is 0 Å². The van der Waals surface area contributed by atoms with Crippen LogP contribution >= 0.6 is 11.8 Å². The summed E-state index contributed by atoms with van der Waals surface area (Å²) in [7, 11) is 0. The molecule has 1 N–H and O–H groups in total. The zero-order valence-corrected chi connectivity index (χ0v) is 9.60. The molecule has 0 saturated heterocycles. The summed E-state index contributed by atoms with van der Waals surface area (Å²) in [6.07, 6.45) is 8.89. The maximum atomic E-state index is 8.51. The standard InChI is InChI=1S/C10H17N3S/c1-8-5-3-4-6-9(8)13-10(14-2)12-7-11/h8-9H,3-6H2,1-2H3,(H,12,13). The van der Waals surface area contributed by atoms with Crippen LogP contribution in [0.3, 0.4) is 0 Å². The molecule has 0 heterocycles.